The van der Waals surface area contributed by atoms with E-state index in [1.54, 1.807) is 0 Å². The number of ether oxygens (including phenoxy) is 1. The lowest BCUT2D eigenvalue weighted by molar-refractivity contribution is 0.0599. The van der Waals surface area contributed by atoms with Crippen molar-refractivity contribution >= 4 is 22.8 Å². The molecule has 0 saturated carbocycles. The van der Waals surface area contributed by atoms with E-state index in [-0.39, 0.29) is 12.8 Å². The molecule has 0 spiro atoms. The molecule has 2 N–H and O–H groups in total. The SMILES string of the molecule is COCN1N=NC2=C(c3nc4ccccc4[nH]3)NCN2C1=O. The van der Waals surface area contributed by atoms with E-state index in [0.29, 0.717) is 24.0 Å². The average molecular weight is 299 g/mol. The maximum atomic E-state index is 12.3. The summed E-state index contributed by atoms with van der Waals surface area (Å²) in [6.45, 7) is 0.381. The van der Waals surface area contributed by atoms with Crippen molar-refractivity contribution in [3.05, 3.63) is 35.9 Å². The van der Waals surface area contributed by atoms with Crippen molar-refractivity contribution in [1.82, 2.24) is 25.2 Å². The van der Waals surface area contributed by atoms with Gasteiger partial charge in [0.1, 0.15) is 12.4 Å². The first-order chi connectivity index (χ1) is 10.8. The highest BCUT2D eigenvalue weighted by atomic mass is 16.5. The fourth-order valence-corrected chi connectivity index (χ4v) is 2.45. The first-order valence-electron chi connectivity index (χ1n) is 6.71. The minimum Gasteiger partial charge on any atom is -0.362 e. The highest BCUT2D eigenvalue weighted by molar-refractivity contribution is 5.83. The van der Waals surface area contributed by atoms with E-state index in [0.717, 1.165) is 16.0 Å². The number of hydrogen-bond donors (Lipinski definition) is 2. The van der Waals surface area contributed by atoms with Gasteiger partial charge in [0.05, 0.1) is 17.7 Å². The molecular weight excluding hydrogens is 286 g/mol. The summed E-state index contributed by atoms with van der Waals surface area (Å²) in [4.78, 5) is 21.5. The van der Waals surface area contributed by atoms with E-state index >= 15 is 0 Å². The van der Waals surface area contributed by atoms with Gasteiger partial charge in [-0.3, -0.25) is 4.90 Å². The van der Waals surface area contributed by atoms with Crippen LogP contribution in [0.5, 0.6) is 0 Å². The second-order valence-electron chi connectivity index (χ2n) is 4.85. The standard InChI is InChI=1S/C13H13N7O2/c1-22-7-20-13(21)19-6-14-10(12(19)17-18-20)11-15-8-4-2-3-5-9(8)16-11/h2-5,14H,6-7H2,1H3,(H,15,16). The summed E-state index contributed by atoms with van der Waals surface area (Å²) < 4.78 is 4.92. The van der Waals surface area contributed by atoms with Crippen molar-refractivity contribution in [2.75, 3.05) is 20.5 Å². The van der Waals surface area contributed by atoms with Gasteiger partial charge >= 0.3 is 6.03 Å². The molecule has 0 bridgehead atoms. The van der Waals surface area contributed by atoms with E-state index < -0.39 is 0 Å². The third-order valence-corrected chi connectivity index (χ3v) is 3.47. The fraction of sp³-hybridized carbons (Fsp3) is 0.231. The maximum Gasteiger partial charge on any atom is 0.351 e. The molecule has 0 unspecified atom stereocenters. The molecule has 3 heterocycles. The third kappa shape index (κ3) is 1.83. The van der Waals surface area contributed by atoms with E-state index in [1.807, 2.05) is 24.3 Å². The van der Waals surface area contributed by atoms with Crippen molar-refractivity contribution in [1.29, 1.82) is 0 Å². The van der Waals surface area contributed by atoms with Crippen LogP contribution in [0.3, 0.4) is 0 Å². The van der Waals surface area contributed by atoms with Gasteiger partial charge in [-0.05, 0) is 12.1 Å². The number of amides is 2. The summed E-state index contributed by atoms with van der Waals surface area (Å²) in [5.74, 6) is 1.09. The summed E-state index contributed by atoms with van der Waals surface area (Å²) in [6.07, 6.45) is 0. The number of aromatic amines is 1. The van der Waals surface area contributed by atoms with Crippen LogP contribution in [0, 0.1) is 0 Å². The Morgan fingerprint density at radius 3 is 3.05 bits per heavy atom. The van der Waals surface area contributed by atoms with E-state index in [4.69, 9.17) is 4.74 Å². The van der Waals surface area contributed by atoms with Crippen molar-refractivity contribution in [3.63, 3.8) is 0 Å². The number of carbonyl (C=O) groups is 1. The number of rotatable bonds is 3. The van der Waals surface area contributed by atoms with Gasteiger partial charge in [0.25, 0.3) is 0 Å². The number of hydrogen-bond acceptors (Lipinski definition) is 6. The monoisotopic (exact) mass is 299 g/mol. The summed E-state index contributed by atoms with van der Waals surface area (Å²) in [7, 11) is 1.50. The van der Waals surface area contributed by atoms with Gasteiger partial charge in [-0.25, -0.2) is 9.78 Å². The number of methoxy groups -OCH3 is 1. The van der Waals surface area contributed by atoms with Crippen LogP contribution in [-0.4, -0.2) is 46.4 Å². The molecule has 0 saturated heterocycles. The Morgan fingerprint density at radius 2 is 2.23 bits per heavy atom. The molecule has 2 amide bonds. The number of H-pyrrole nitrogens is 1. The van der Waals surface area contributed by atoms with E-state index in [9.17, 15) is 4.79 Å². The topological polar surface area (TPSA) is 98.2 Å². The molecule has 9 nitrogen and oxygen atoms in total. The largest absolute Gasteiger partial charge is 0.362 e. The average Bonchev–Trinajstić information content (AvgIpc) is 3.13. The number of aromatic nitrogens is 2. The van der Waals surface area contributed by atoms with Crippen molar-refractivity contribution in [2.24, 2.45) is 10.3 Å². The Bertz CT molecular complexity index is 777. The number of nitrogens with zero attached hydrogens (tertiary/aromatic N) is 5. The van der Waals surface area contributed by atoms with Crippen LogP contribution in [0.15, 0.2) is 40.4 Å². The highest BCUT2D eigenvalue weighted by Gasteiger charge is 2.36. The lowest BCUT2D eigenvalue weighted by Gasteiger charge is -2.25. The molecule has 0 radical (unpaired) electrons. The first-order valence-corrected chi connectivity index (χ1v) is 6.71. The second kappa shape index (κ2) is 4.81. The zero-order valence-electron chi connectivity index (χ0n) is 11.8. The van der Waals surface area contributed by atoms with Crippen LogP contribution in [0.2, 0.25) is 0 Å². The molecule has 2 aromatic rings. The Labute approximate surface area is 125 Å². The van der Waals surface area contributed by atoms with Crippen molar-refractivity contribution < 1.29 is 9.53 Å². The number of benzene rings is 1. The minimum absolute atomic E-state index is 0.0616. The highest BCUT2D eigenvalue weighted by Crippen LogP contribution is 2.28. The summed E-state index contributed by atoms with van der Waals surface area (Å²) >= 11 is 0. The zero-order chi connectivity index (χ0) is 15.1. The number of carbonyl (C=O) groups excluding carboxylic acids is 1. The van der Waals surface area contributed by atoms with Gasteiger partial charge in [0.15, 0.2) is 11.6 Å². The summed E-state index contributed by atoms with van der Waals surface area (Å²) in [5, 5.41) is 12.3. The Hall–Kier alpha value is -2.94. The fourth-order valence-electron chi connectivity index (χ4n) is 2.45. The second-order valence-corrected chi connectivity index (χ2v) is 4.85. The molecule has 4 rings (SSSR count). The smallest absolute Gasteiger partial charge is 0.351 e. The predicted octanol–water partition coefficient (Wildman–Crippen LogP) is 1.46. The van der Waals surface area contributed by atoms with Crippen LogP contribution in [-0.2, 0) is 4.74 Å². The minimum atomic E-state index is -0.287. The Kier molecular flexibility index (Phi) is 2.79. The molecule has 0 atom stereocenters. The van der Waals surface area contributed by atoms with Gasteiger partial charge < -0.3 is 15.0 Å². The zero-order valence-corrected chi connectivity index (χ0v) is 11.8. The lowest BCUT2D eigenvalue weighted by atomic mass is 10.3. The maximum absolute atomic E-state index is 12.3. The molecule has 2 aliphatic heterocycles. The lowest BCUT2D eigenvalue weighted by Crippen LogP contribution is -2.42. The number of para-hydroxylation sites is 2. The van der Waals surface area contributed by atoms with E-state index in [1.165, 1.54) is 12.0 Å². The number of urea groups is 1. The summed E-state index contributed by atoms with van der Waals surface area (Å²) in [5.41, 5.74) is 2.43. The van der Waals surface area contributed by atoms with Crippen LogP contribution >= 0.6 is 0 Å². The molecular formula is C13H13N7O2. The van der Waals surface area contributed by atoms with Crippen LogP contribution in [0.4, 0.5) is 4.79 Å². The number of imidazole rings is 1. The van der Waals surface area contributed by atoms with Crippen LogP contribution in [0.1, 0.15) is 5.82 Å². The third-order valence-electron chi connectivity index (χ3n) is 3.47. The normalized spacial score (nSPS) is 17.4. The van der Waals surface area contributed by atoms with Crippen LogP contribution in [0.25, 0.3) is 16.7 Å². The summed E-state index contributed by atoms with van der Waals surface area (Å²) in [6, 6.07) is 7.43. The van der Waals surface area contributed by atoms with Gasteiger partial charge in [-0.15, -0.1) is 5.11 Å². The Morgan fingerprint density at radius 1 is 1.36 bits per heavy atom. The van der Waals surface area contributed by atoms with Crippen LogP contribution < -0.4 is 5.32 Å². The molecule has 0 fully saturated rings. The molecule has 0 aliphatic carbocycles. The molecule has 112 valence electrons. The van der Waals surface area contributed by atoms with Gasteiger partial charge in [-0.1, -0.05) is 17.4 Å². The quantitative estimate of drug-likeness (QED) is 0.896. The molecule has 2 aliphatic rings. The number of nitrogens with one attached hydrogen (secondary N) is 2. The van der Waals surface area contributed by atoms with Gasteiger partial charge in [0, 0.05) is 7.11 Å². The first kappa shape index (κ1) is 12.8. The van der Waals surface area contributed by atoms with Crippen molar-refractivity contribution in [2.45, 2.75) is 0 Å². The number of fused-ring (bicyclic) bond motifs is 2. The Balaban J connectivity index is 1.76. The molecule has 9 heteroatoms. The van der Waals surface area contributed by atoms with Crippen molar-refractivity contribution in [3.8, 4) is 0 Å². The van der Waals surface area contributed by atoms with Gasteiger partial charge in [-0.2, -0.15) is 5.01 Å². The van der Waals surface area contributed by atoms with Gasteiger partial charge in [0.2, 0.25) is 0 Å². The molecule has 22 heavy (non-hydrogen) atoms. The molecule has 1 aromatic carbocycles. The van der Waals surface area contributed by atoms with E-state index in [2.05, 4.69) is 25.6 Å². The molecule has 1 aromatic heterocycles. The predicted molar refractivity (Wildman–Crippen MR) is 76.8 cm³/mol.